The van der Waals surface area contributed by atoms with Gasteiger partial charge in [-0.15, -0.1) is 0 Å². The summed E-state index contributed by atoms with van der Waals surface area (Å²) in [5.74, 6) is -0.935. The molecule has 0 aliphatic rings. The summed E-state index contributed by atoms with van der Waals surface area (Å²) in [4.78, 5) is 23.2. The van der Waals surface area contributed by atoms with Crippen LogP contribution in [0.1, 0.15) is 44.0 Å². The summed E-state index contributed by atoms with van der Waals surface area (Å²) in [5.41, 5.74) is 0.264. The number of nitrogens with one attached hydrogen (secondary N) is 1. The molecule has 1 rings (SSSR count). The van der Waals surface area contributed by atoms with Gasteiger partial charge in [0.25, 0.3) is 5.91 Å². The maximum absolute atomic E-state index is 13.2. The van der Waals surface area contributed by atoms with Crippen molar-refractivity contribution < 1.29 is 18.7 Å². The molecule has 5 heteroatoms. The lowest BCUT2D eigenvalue weighted by Crippen LogP contribution is -2.37. The summed E-state index contributed by atoms with van der Waals surface area (Å²) in [6, 6.07) is 3.66. The number of ketones is 1. The molecule has 1 amide bonds. The highest BCUT2D eigenvalue weighted by molar-refractivity contribution is 5.97. The normalized spacial score (nSPS) is 11.8. The molecule has 0 aliphatic carbocycles. The first-order valence-corrected chi connectivity index (χ1v) is 6.70. The number of hydrogen-bond donors (Lipinski definition) is 1. The minimum Gasteiger partial charge on any atom is -0.480 e. The topological polar surface area (TPSA) is 55.4 Å². The second kappa shape index (κ2) is 7.62. The third kappa shape index (κ3) is 4.64. The van der Waals surface area contributed by atoms with Crippen molar-refractivity contribution in [3.63, 3.8) is 0 Å². The number of benzene rings is 1. The molecule has 0 fully saturated rings. The van der Waals surface area contributed by atoms with E-state index in [0.29, 0.717) is 6.54 Å². The van der Waals surface area contributed by atoms with Gasteiger partial charge in [0.05, 0.1) is 5.56 Å². The zero-order valence-electron chi connectivity index (χ0n) is 12.0. The molecule has 1 atom stereocenters. The molecule has 1 aromatic rings. The predicted octanol–water partition coefficient (Wildman–Crippen LogP) is 2.71. The van der Waals surface area contributed by atoms with Gasteiger partial charge in [0.15, 0.2) is 11.9 Å². The van der Waals surface area contributed by atoms with Crippen molar-refractivity contribution in [2.24, 2.45) is 0 Å². The van der Waals surface area contributed by atoms with Crippen molar-refractivity contribution in [2.75, 3.05) is 6.54 Å². The van der Waals surface area contributed by atoms with Gasteiger partial charge in [-0.05, 0) is 32.4 Å². The molecule has 1 aromatic carbocycles. The fraction of sp³-hybridized carbons (Fsp3) is 0.467. The Bertz CT molecular complexity index is 488. The molecule has 0 radical (unpaired) electrons. The van der Waals surface area contributed by atoms with E-state index in [1.54, 1.807) is 6.92 Å². The van der Waals surface area contributed by atoms with E-state index in [-0.39, 0.29) is 23.0 Å². The van der Waals surface area contributed by atoms with Crippen LogP contribution in [0.5, 0.6) is 5.75 Å². The molecule has 0 heterocycles. The number of hydrogen-bond acceptors (Lipinski definition) is 3. The highest BCUT2D eigenvalue weighted by atomic mass is 19.1. The lowest BCUT2D eigenvalue weighted by molar-refractivity contribution is -0.127. The summed E-state index contributed by atoms with van der Waals surface area (Å²) in [6.07, 6.45) is 1.08. The number of halogens is 1. The summed E-state index contributed by atoms with van der Waals surface area (Å²) in [5, 5.41) is 2.72. The third-order valence-electron chi connectivity index (χ3n) is 2.83. The van der Waals surface area contributed by atoms with E-state index in [2.05, 4.69) is 5.32 Å². The van der Waals surface area contributed by atoms with Crippen LogP contribution in [-0.2, 0) is 4.79 Å². The van der Waals surface area contributed by atoms with Crippen LogP contribution < -0.4 is 10.1 Å². The van der Waals surface area contributed by atoms with Crippen molar-refractivity contribution >= 4 is 11.7 Å². The Morgan fingerprint density at radius 3 is 2.70 bits per heavy atom. The van der Waals surface area contributed by atoms with Crippen LogP contribution in [-0.4, -0.2) is 24.3 Å². The Morgan fingerprint density at radius 1 is 1.40 bits per heavy atom. The predicted molar refractivity (Wildman–Crippen MR) is 74.4 cm³/mol. The van der Waals surface area contributed by atoms with E-state index in [9.17, 15) is 14.0 Å². The van der Waals surface area contributed by atoms with Crippen molar-refractivity contribution in [3.05, 3.63) is 29.6 Å². The van der Waals surface area contributed by atoms with E-state index < -0.39 is 11.9 Å². The minimum atomic E-state index is -0.785. The Hall–Kier alpha value is -1.91. The molecule has 0 saturated heterocycles. The highest BCUT2D eigenvalue weighted by Crippen LogP contribution is 2.21. The molecule has 1 unspecified atom stereocenters. The molecule has 0 bridgehead atoms. The molecule has 20 heavy (non-hydrogen) atoms. The first-order chi connectivity index (χ1) is 9.45. The zero-order chi connectivity index (χ0) is 15.1. The second-order valence-corrected chi connectivity index (χ2v) is 4.60. The van der Waals surface area contributed by atoms with Gasteiger partial charge in [0.1, 0.15) is 11.6 Å². The summed E-state index contributed by atoms with van der Waals surface area (Å²) < 4.78 is 18.6. The van der Waals surface area contributed by atoms with Crippen molar-refractivity contribution in [1.82, 2.24) is 5.32 Å². The standard InChI is InChI=1S/C15H20FNO3/c1-4-5-8-17-15(19)11(3)20-14-9-12(16)6-7-13(14)10(2)18/h6-7,9,11H,4-5,8H2,1-3H3,(H,17,19). The number of carbonyl (C=O) groups excluding carboxylic acids is 2. The second-order valence-electron chi connectivity index (χ2n) is 4.60. The van der Waals surface area contributed by atoms with Gasteiger partial charge >= 0.3 is 0 Å². The molecule has 1 N–H and O–H groups in total. The van der Waals surface area contributed by atoms with E-state index in [0.717, 1.165) is 18.9 Å². The number of unbranched alkanes of at least 4 members (excludes halogenated alkanes) is 1. The first-order valence-electron chi connectivity index (χ1n) is 6.70. The Labute approximate surface area is 118 Å². The number of Topliss-reactive ketones (excluding diaryl/α,β-unsaturated/α-hetero) is 1. The number of carbonyl (C=O) groups is 2. The molecule has 0 saturated carbocycles. The maximum Gasteiger partial charge on any atom is 0.260 e. The number of ether oxygens (including phenoxy) is 1. The lowest BCUT2D eigenvalue weighted by Gasteiger charge is -2.16. The van der Waals surface area contributed by atoms with Crippen molar-refractivity contribution in [3.8, 4) is 5.75 Å². The van der Waals surface area contributed by atoms with Crippen molar-refractivity contribution in [1.29, 1.82) is 0 Å². The average Bonchev–Trinajstić information content (AvgIpc) is 2.38. The van der Waals surface area contributed by atoms with E-state index in [1.807, 2.05) is 6.92 Å². The van der Waals surface area contributed by atoms with Gasteiger partial charge in [-0.1, -0.05) is 13.3 Å². The monoisotopic (exact) mass is 281 g/mol. The fourth-order valence-corrected chi connectivity index (χ4v) is 1.66. The van der Waals surface area contributed by atoms with Gasteiger partial charge in [0.2, 0.25) is 0 Å². The molecule has 110 valence electrons. The lowest BCUT2D eigenvalue weighted by atomic mass is 10.1. The molecule has 0 aromatic heterocycles. The van der Waals surface area contributed by atoms with Gasteiger partial charge in [-0.3, -0.25) is 9.59 Å². The molecule has 0 spiro atoms. The Balaban J connectivity index is 2.74. The summed E-state index contributed by atoms with van der Waals surface area (Å²) >= 11 is 0. The van der Waals surface area contributed by atoms with Crippen LogP contribution in [0.25, 0.3) is 0 Å². The van der Waals surface area contributed by atoms with Gasteiger partial charge < -0.3 is 10.1 Å². The van der Waals surface area contributed by atoms with Crippen LogP contribution in [0.3, 0.4) is 0 Å². The largest absolute Gasteiger partial charge is 0.480 e. The van der Waals surface area contributed by atoms with E-state index >= 15 is 0 Å². The highest BCUT2D eigenvalue weighted by Gasteiger charge is 2.17. The summed E-state index contributed by atoms with van der Waals surface area (Å²) in [6.45, 7) is 5.53. The number of rotatable bonds is 7. The van der Waals surface area contributed by atoms with Crippen LogP contribution in [0.15, 0.2) is 18.2 Å². The van der Waals surface area contributed by atoms with Crippen molar-refractivity contribution in [2.45, 2.75) is 39.7 Å². The molecular weight excluding hydrogens is 261 g/mol. The van der Waals surface area contributed by atoms with Crippen LogP contribution >= 0.6 is 0 Å². The zero-order valence-corrected chi connectivity index (χ0v) is 12.0. The minimum absolute atomic E-state index is 0.0932. The number of amides is 1. The van der Waals surface area contributed by atoms with Crippen LogP contribution in [0.2, 0.25) is 0 Å². The van der Waals surface area contributed by atoms with Crippen LogP contribution in [0.4, 0.5) is 4.39 Å². The van der Waals surface area contributed by atoms with Gasteiger partial charge in [-0.25, -0.2) is 4.39 Å². The van der Waals surface area contributed by atoms with Gasteiger partial charge in [0, 0.05) is 12.6 Å². The van der Waals surface area contributed by atoms with Crippen LogP contribution in [0, 0.1) is 5.82 Å². The maximum atomic E-state index is 13.2. The quantitative estimate of drug-likeness (QED) is 0.617. The Morgan fingerprint density at radius 2 is 2.10 bits per heavy atom. The SMILES string of the molecule is CCCCNC(=O)C(C)Oc1cc(F)ccc1C(C)=O. The third-order valence-corrected chi connectivity index (χ3v) is 2.83. The molecule has 4 nitrogen and oxygen atoms in total. The first kappa shape index (κ1) is 16.1. The van der Waals surface area contributed by atoms with E-state index in [4.69, 9.17) is 4.74 Å². The Kier molecular flexibility index (Phi) is 6.15. The molecule has 0 aliphatic heterocycles. The van der Waals surface area contributed by atoms with Gasteiger partial charge in [-0.2, -0.15) is 0 Å². The summed E-state index contributed by atoms with van der Waals surface area (Å²) in [7, 11) is 0. The fourth-order valence-electron chi connectivity index (χ4n) is 1.66. The van der Waals surface area contributed by atoms with E-state index in [1.165, 1.54) is 19.1 Å². The average molecular weight is 281 g/mol. The smallest absolute Gasteiger partial charge is 0.260 e. The molecular formula is C15H20FNO3.